The number of rotatable bonds is 18. The number of hydrogen-bond donors (Lipinski definition) is 5. The molecule has 0 aliphatic carbocycles. The zero-order valence-electron chi connectivity index (χ0n) is 19.5. The molecule has 1 fully saturated rings. The molecule has 0 bridgehead atoms. The molecule has 0 spiro atoms. The first-order valence-corrected chi connectivity index (χ1v) is 12.2. The van der Waals surface area contributed by atoms with E-state index in [1.54, 1.807) is 0 Å². The normalized spacial score (nSPS) is 27.1. The van der Waals surface area contributed by atoms with Crippen molar-refractivity contribution in [1.82, 2.24) is 0 Å². The van der Waals surface area contributed by atoms with Crippen molar-refractivity contribution in [3.05, 3.63) is 12.2 Å². The van der Waals surface area contributed by atoms with E-state index in [4.69, 9.17) is 14.6 Å². The number of carboxylic acids is 1. The number of carboxylic acid groups (broad SMARTS) is 1. The minimum Gasteiger partial charge on any atom is -0.481 e. The maximum Gasteiger partial charge on any atom is 0.305 e. The van der Waals surface area contributed by atoms with Crippen LogP contribution >= 0.6 is 0 Å². The molecule has 1 aliphatic heterocycles. The van der Waals surface area contributed by atoms with E-state index in [0.29, 0.717) is 6.42 Å². The summed E-state index contributed by atoms with van der Waals surface area (Å²) in [6, 6.07) is 0. The lowest BCUT2D eigenvalue weighted by molar-refractivity contribution is -0.311. The number of ether oxygens (including phenoxy) is 2. The van der Waals surface area contributed by atoms with Crippen molar-refractivity contribution in [2.75, 3.05) is 6.61 Å². The summed E-state index contributed by atoms with van der Waals surface area (Å²) in [6.07, 6.45) is 9.68. The second-order valence-corrected chi connectivity index (χ2v) is 8.72. The number of carbonyl (C=O) groups is 1. The summed E-state index contributed by atoms with van der Waals surface area (Å²) in [5.41, 5.74) is 0. The molecular formula is C24H44O8. The molecule has 0 saturated carbocycles. The molecule has 5 N–H and O–H groups in total. The van der Waals surface area contributed by atoms with Gasteiger partial charge in [0, 0.05) is 0 Å². The van der Waals surface area contributed by atoms with Crippen LogP contribution in [0.5, 0.6) is 0 Å². The number of unbranched alkanes of at least 4 members (excludes halogenated alkanes) is 9. The first kappa shape index (κ1) is 29.0. The Balaban J connectivity index is 2.27. The van der Waals surface area contributed by atoms with Crippen molar-refractivity contribution in [2.24, 2.45) is 0 Å². The minimum atomic E-state index is -1.54. The largest absolute Gasteiger partial charge is 0.481 e. The standard InChI is InChI=1S/C24H44O8/c1-2-3-4-5-6-7-8-9-10-11-12-13-14-15-18(16-20(26)27)31-24-23(30)22(29)21(28)19(17-25)32-24/h9-10,18-19,21-25,28-30H,2-8,11-17H2,1H3,(H,26,27)/t18?,19-,21-,22+,23-,24?/m1/s1. The molecule has 1 rings (SSSR count). The fourth-order valence-corrected chi connectivity index (χ4v) is 3.87. The van der Waals surface area contributed by atoms with E-state index in [2.05, 4.69) is 19.1 Å². The van der Waals surface area contributed by atoms with Gasteiger partial charge in [-0.25, -0.2) is 0 Å². The van der Waals surface area contributed by atoms with Crippen LogP contribution in [0.25, 0.3) is 0 Å². The van der Waals surface area contributed by atoms with Gasteiger partial charge in [-0.3, -0.25) is 4.79 Å². The third-order valence-electron chi connectivity index (χ3n) is 5.87. The summed E-state index contributed by atoms with van der Waals surface area (Å²) in [5.74, 6) is -1.03. The Hall–Kier alpha value is -1.03. The highest BCUT2D eigenvalue weighted by molar-refractivity contribution is 5.67. The van der Waals surface area contributed by atoms with E-state index in [-0.39, 0.29) is 6.42 Å². The molecule has 0 radical (unpaired) electrons. The van der Waals surface area contributed by atoms with E-state index < -0.39 is 49.4 Å². The van der Waals surface area contributed by atoms with Gasteiger partial charge in [0.1, 0.15) is 24.4 Å². The Bertz CT molecular complexity index is 510. The van der Waals surface area contributed by atoms with E-state index >= 15 is 0 Å². The van der Waals surface area contributed by atoms with E-state index in [1.807, 2.05) is 0 Å². The van der Waals surface area contributed by atoms with Crippen LogP contribution in [-0.4, -0.2) is 74.9 Å². The van der Waals surface area contributed by atoms with Gasteiger partial charge >= 0.3 is 5.97 Å². The molecule has 32 heavy (non-hydrogen) atoms. The maximum atomic E-state index is 11.2. The average molecular weight is 461 g/mol. The third-order valence-corrected chi connectivity index (χ3v) is 5.87. The van der Waals surface area contributed by atoms with E-state index in [1.165, 1.54) is 38.5 Å². The molecule has 1 heterocycles. The summed E-state index contributed by atoms with van der Waals surface area (Å²) in [5, 5.41) is 48.2. The van der Waals surface area contributed by atoms with E-state index in [0.717, 1.165) is 32.1 Å². The first-order valence-electron chi connectivity index (χ1n) is 12.2. The molecule has 1 saturated heterocycles. The quantitative estimate of drug-likeness (QED) is 0.156. The van der Waals surface area contributed by atoms with Gasteiger partial charge in [-0.2, -0.15) is 0 Å². The summed E-state index contributed by atoms with van der Waals surface area (Å²) in [7, 11) is 0. The van der Waals surface area contributed by atoms with Gasteiger partial charge in [0.05, 0.1) is 19.1 Å². The predicted octanol–water partition coefficient (Wildman–Crippen LogP) is 2.90. The van der Waals surface area contributed by atoms with Gasteiger partial charge in [0.2, 0.25) is 0 Å². The fourth-order valence-electron chi connectivity index (χ4n) is 3.87. The fraction of sp³-hybridized carbons (Fsp3) is 0.875. The highest BCUT2D eigenvalue weighted by Gasteiger charge is 2.44. The van der Waals surface area contributed by atoms with Crippen LogP contribution in [0.3, 0.4) is 0 Å². The number of aliphatic carboxylic acids is 1. The number of allylic oxidation sites excluding steroid dienone is 2. The molecule has 188 valence electrons. The van der Waals surface area contributed by atoms with Crippen molar-refractivity contribution < 1.29 is 39.8 Å². The molecule has 0 aromatic rings. The Morgan fingerprint density at radius 1 is 0.906 bits per heavy atom. The summed E-state index contributed by atoms with van der Waals surface area (Å²) in [4.78, 5) is 11.2. The van der Waals surface area contributed by atoms with Crippen molar-refractivity contribution >= 4 is 5.97 Å². The second kappa shape index (κ2) is 17.4. The average Bonchev–Trinajstić information content (AvgIpc) is 2.76. The number of aliphatic hydroxyl groups excluding tert-OH is 4. The predicted molar refractivity (Wildman–Crippen MR) is 121 cm³/mol. The van der Waals surface area contributed by atoms with Gasteiger partial charge in [-0.1, -0.05) is 64.0 Å². The van der Waals surface area contributed by atoms with Gasteiger partial charge < -0.3 is 35.0 Å². The topological polar surface area (TPSA) is 137 Å². The monoisotopic (exact) mass is 460 g/mol. The Labute approximate surface area is 192 Å². The van der Waals surface area contributed by atoms with Crippen LogP contribution in [0.2, 0.25) is 0 Å². The van der Waals surface area contributed by atoms with Gasteiger partial charge in [-0.15, -0.1) is 0 Å². The van der Waals surface area contributed by atoms with Crippen LogP contribution in [0.4, 0.5) is 0 Å². The van der Waals surface area contributed by atoms with Gasteiger partial charge in [0.25, 0.3) is 0 Å². The summed E-state index contributed by atoms with van der Waals surface area (Å²) in [6.45, 7) is 1.67. The zero-order chi connectivity index (χ0) is 23.8. The Morgan fingerprint density at radius 3 is 2.09 bits per heavy atom. The third kappa shape index (κ3) is 11.7. The molecule has 8 heteroatoms. The van der Waals surface area contributed by atoms with Gasteiger partial charge in [0.15, 0.2) is 6.29 Å². The molecule has 6 atom stereocenters. The summed E-state index contributed by atoms with van der Waals surface area (Å²) < 4.78 is 11.0. The highest BCUT2D eigenvalue weighted by atomic mass is 16.7. The molecule has 0 aromatic heterocycles. The lowest BCUT2D eigenvalue weighted by atomic mass is 9.99. The zero-order valence-corrected chi connectivity index (χ0v) is 19.5. The molecule has 8 nitrogen and oxygen atoms in total. The van der Waals surface area contributed by atoms with Crippen LogP contribution in [0, 0.1) is 0 Å². The van der Waals surface area contributed by atoms with Crippen LogP contribution < -0.4 is 0 Å². The van der Waals surface area contributed by atoms with Crippen molar-refractivity contribution in [2.45, 2.75) is 127 Å². The van der Waals surface area contributed by atoms with Crippen molar-refractivity contribution in [1.29, 1.82) is 0 Å². The lowest BCUT2D eigenvalue weighted by Crippen LogP contribution is -2.59. The van der Waals surface area contributed by atoms with Crippen LogP contribution in [0.1, 0.15) is 90.4 Å². The van der Waals surface area contributed by atoms with E-state index in [9.17, 15) is 25.2 Å². The minimum absolute atomic E-state index is 0.257. The lowest BCUT2D eigenvalue weighted by Gasteiger charge is -2.40. The first-order chi connectivity index (χ1) is 15.4. The maximum absolute atomic E-state index is 11.2. The Kier molecular flexibility index (Phi) is 15.8. The molecule has 1 aliphatic rings. The highest BCUT2D eigenvalue weighted by Crippen LogP contribution is 2.25. The smallest absolute Gasteiger partial charge is 0.305 e. The van der Waals surface area contributed by atoms with Crippen LogP contribution in [0.15, 0.2) is 12.2 Å². The second-order valence-electron chi connectivity index (χ2n) is 8.72. The van der Waals surface area contributed by atoms with Crippen LogP contribution in [-0.2, 0) is 14.3 Å². The molecule has 2 unspecified atom stereocenters. The van der Waals surface area contributed by atoms with Crippen molar-refractivity contribution in [3.63, 3.8) is 0 Å². The number of hydrogen-bond acceptors (Lipinski definition) is 7. The van der Waals surface area contributed by atoms with Gasteiger partial charge in [-0.05, 0) is 32.1 Å². The molecule has 0 amide bonds. The molecular weight excluding hydrogens is 416 g/mol. The summed E-state index contributed by atoms with van der Waals surface area (Å²) >= 11 is 0. The molecule has 0 aromatic carbocycles. The Morgan fingerprint density at radius 2 is 1.50 bits per heavy atom. The van der Waals surface area contributed by atoms with Crippen molar-refractivity contribution in [3.8, 4) is 0 Å². The number of aliphatic hydroxyl groups is 4. The SMILES string of the molecule is CCCCCCCCC=CCCCCCC(CC(=O)O)OC1O[C@H](CO)[C@@H](O)[C@H](O)[C@H]1O.